The molecule has 0 bridgehead atoms. The molecule has 0 aliphatic heterocycles. The van der Waals surface area contributed by atoms with Gasteiger partial charge in [-0.15, -0.1) is 0 Å². The summed E-state index contributed by atoms with van der Waals surface area (Å²) in [5.74, 6) is -0.103. The van der Waals surface area contributed by atoms with Crippen molar-refractivity contribution in [1.29, 1.82) is 0 Å². The first-order chi connectivity index (χ1) is 6.83. The number of carbonyl (C=O) groups is 1. The van der Waals surface area contributed by atoms with E-state index in [1.165, 1.54) is 6.92 Å². The second kappa shape index (κ2) is 4.49. The predicted octanol–water partition coefficient (Wildman–Crippen LogP) is 2.87. The lowest BCUT2D eigenvalue weighted by molar-refractivity contribution is -0.120. The summed E-state index contributed by atoms with van der Waals surface area (Å²) in [4.78, 5) is 15.2. The molecule has 5 heteroatoms. The molecule has 3 nitrogen and oxygen atoms in total. The highest BCUT2D eigenvalue weighted by Crippen LogP contribution is 2.27. The lowest BCUT2D eigenvalue weighted by atomic mass is 10.00. The largest absolute Gasteiger partial charge is 0.346 e. The quantitative estimate of drug-likeness (QED) is 0.851. The highest BCUT2D eigenvalue weighted by atomic mass is 79.9. The summed E-state index contributed by atoms with van der Waals surface area (Å²) in [6, 6.07) is 3.51. The lowest BCUT2D eigenvalue weighted by Crippen LogP contribution is -2.40. The standard InChI is InChI=1S/C10H12BrClN2O/c1-6(15)14-10(2,3)9-7(11)4-5-8(12)13-9/h4-5H,1-3H3,(H,14,15). The second-order valence-corrected chi connectivity index (χ2v) is 5.01. The number of rotatable bonds is 2. The zero-order valence-corrected chi connectivity index (χ0v) is 11.1. The summed E-state index contributed by atoms with van der Waals surface area (Å²) in [6.45, 7) is 5.22. The van der Waals surface area contributed by atoms with Crippen molar-refractivity contribution in [3.63, 3.8) is 0 Å². The monoisotopic (exact) mass is 290 g/mol. The van der Waals surface area contributed by atoms with Crippen molar-refractivity contribution in [1.82, 2.24) is 10.3 Å². The maximum atomic E-state index is 11.0. The van der Waals surface area contributed by atoms with E-state index in [2.05, 4.69) is 26.2 Å². The third kappa shape index (κ3) is 3.18. The van der Waals surface area contributed by atoms with Crippen LogP contribution in [0.4, 0.5) is 0 Å². The van der Waals surface area contributed by atoms with Crippen LogP contribution in [0.3, 0.4) is 0 Å². The van der Waals surface area contributed by atoms with Crippen LogP contribution in [0, 0.1) is 0 Å². The Labute approximate surface area is 102 Å². The summed E-state index contributed by atoms with van der Waals surface area (Å²) in [5, 5.41) is 3.22. The van der Waals surface area contributed by atoms with E-state index in [4.69, 9.17) is 11.6 Å². The molecule has 1 aromatic rings. The summed E-state index contributed by atoms with van der Waals surface area (Å²) in [7, 11) is 0. The molecule has 0 aliphatic carbocycles. The molecule has 1 aromatic heterocycles. The number of nitrogens with zero attached hydrogens (tertiary/aromatic N) is 1. The van der Waals surface area contributed by atoms with Crippen LogP contribution >= 0.6 is 27.5 Å². The van der Waals surface area contributed by atoms with E-state index in [9.17, 15) is 4.79 Å². The first kappa shape index (κ1) is 12.5. The van der Waals surface area contributed by atoms with Crippen LogP contribution in [0.5, 0.6) is 0 Å². The van der Waals surface area contributed by atoms with Gasteiger partial charge in [-0.2, -0.15) is 0 Å². The number of hydrogen-bond donors (Lipinski definition) is 1. The number of amides is 1. The lowest BCUT2D eigenvalue weighted by Gasteiger charge is -2.26. The van der Waals surface area contributed by atoms with Gasteiger partial charge in [-0.3, -0.25) is 4.79 Å². The summed E-state index contributed by atoms with van der Waals surface area (Å²) >= 11 is 9.20. The molecule has 1 heterocycles. The van der Waals surface area contributed by atoms with Gasteiger partial charge in [0.1, 0.15) is 5.15 Å². The van der Waals surface area contributed by atoms with Gasteiger partial charge in [-0.05, 0) is 41.9 Å². The van der Waals surface area contributed by atoms with E-state index in [1.807, 2.05) is 19.9 Å². The highest BCUT2D eigenvalue weighted by Gasteiger charge is 2.25. The number of hydrogen-bond acceptors (Lipinski definition) is 2. The molecule has 82 valence electrons. The van der Waals surface area contributed by atoms with Crippen LogP contribution in [0.15, 0.2) is 16.6 Å². The molecule has 0 saturated carbocycles. The minimum atomic E-state index is -0.546. The third-order valence-electron chi connectivity index (χ3n) is 1.89. The van der Waals surface area contributed by atoms with Gasteiger partial charge in [0.25, 0.3) is 0 Å². The van der Waals surface area contributed by atoms with Gasteiger partial charge >= 0.3 is 0 Å². The zero-order valence-electron chi connectivity index (χ0n) is 8.77. The highest BCUT2D eigenvalue weighted by molar-refractivity contribution is 9.10. The van der Waals surface area contributed by atoms with Crippen LogP contribution in [0.25, 0.3) is 0 Å². The van der Waals surface area contributed by atoms with Gasteiger partial charge in [0, 0.05) is 11.4 Å². The van der Waals surface area contributed by atoms with Gasteiger partial charge in [-0.25, -0.2) is 4.98 Å². The Kier molecular flexibility index (Phi) is 3.73. The Morgan fingerprint density at radius 1 is 1.53 bits per heavy atom. The molecule has 1 N–H and O–H groups in total. The molecule has 0 radical (unpaired) electrons. The molecule has 15 heavy (non-hydrogen) atoms. The van der Waals surface area contributed by atoms with Gasteiger partial charge in [0.15, 0.2) is 0 Å². The number of halogens is 2. The molecular formula is C10H12BrClN2O. The summed E-state index contributed by atoms with van der Waals surface area (Å²) in [6.07, 6.45) is 0. The molecule has 0 atom stereocenters. The Bertz CT molecular complexity index is 393. The number of carbonyl (C=O) groups excluding carboxylic acids is 1. The SMILES string of the molecule is CC(=O)NC(C)(C)c1nc(Cl)ccc1Br. The van der Waals surface area contributed by atoms with Crippen molar-refractivity contribution < 1.29 is 4.79 Å². The van der Waals surface area contributed by atoms with E-state index in [0.29, 0.717) is 10.8 Å². The Morgan fingerprint density at radius 3 is 2.67 bits per heavy atom. The summed E-state index contributed by atoms with van der Waals surface area (Å²) < 4.78 is 0.825. The van der Waals surface area contributed by atoms with Gasteiger partial charge in [0.05, 0.1) is 11.2 Å². The maximum absolute atomic E-state index is 11.0. The molecule has 0 spiro atoms. The van der Waals surface area contributed by atoms with Gasteiger partial charge < -0.3 is 5.32 Å². The Morgan fingerprint density at radius 2 is 2.13 bits per heavy atom. The average molecular weight is 292 g/mol. The van der Waals surface area contributed by atoms with Crippen LogP contribution < -0.4 is 5.32 Å². The topological polar surface area (TPSA) is 42.0 Å². The molecule has 0 saturated heterocycles. The van der Waals surface area contributed by atoms with Crippen molar-refractivity contribution in [2.24, 2.45) is 0 Å². The fourth-order valence-electron chi connectivity index (χ4n) is 1.36. The predicted molar refractivity (Wildman–Crippen MR) is 63.8 cm³/mol. The van der Waals surface area contributed by atoms with E-state index < -0.39 is 5.54 Å². The molecule has 1 amide bonds. The second-order valence-electron chi connectivity index (χ2n) is 3.77. The van der Waals surface area contributed by atoms with Crippen molar-refractivity contribution in [3.05, 3.63) is 27.5 Å². The van der Waals surface area contributed by atoms with Gasteiger partial charge in [-0.1, -0.05) is 11.6 Å². The molecule has 0 aromatic carbocycles. The average Bonchev–Trinajstić information content (AvgIpc) is 2.06. The summed E-state index contributed by atoms with van der Waals surface area (Å²) in [5.41, 5.74) is 0.167. The van der Waals surface area contributed by atoms with Crippen molar-refractivity contribution in [2.45, 2.75) is 26.3 Å². The number of nitrogens with one attached hydrogen (secondary N) is 1. The molecule has 0 fully saturated rings. The fraction of sp³-hybridized carbons (Fsp3) is 0.400. The Hall–Kier alpha value is -0.610. The zero-order chi connectivity index (χ0) is 11.6. The van der Waals surface area contributed by atoms with Crippen molar-refractivity contribution >= 4 is 33.4 Å². The molecule has 1 rings (SSSR count). The molecule has 0 unspecified atom stereocenters. The minimum Gasteiger partial charge on any atom is -0.346 e. The van der Waals surface area contributed by atoms with E-state index in [0.717, 1.165) is 4.47 Å². The third-order valence-corrected chi connectivity index (χ3v) is 2.74. The smallest absolute Gasteiger partial charge is 0.217 e. The number of aromatic nitrogens is 1. The van der Waals surface area contributed by atoms with E-state index in [1.54, 1.807) is 6.07 Å². The van der Waals surface area contributed by atoms with E-state index in [-0.39, 0.29) is 5.91 Å². The van der Waals surface area contributed by atoms with Crippen LogP contribution in [0.2, 0.25) is 5.15 Å². The van der Waals surface area contributed by atoms with Gasteiger partial charge in [0.2, 0.25) is 5.91 Å². The van der Waals surface area contributed by atoms with Crippen molar-refractivity contribution in [3.8, 4) is 0 Å². The number of pyridine rings is 1. The van der Waals surface area contributed by atoms with Crippen molar-refractivity contribution in [2.75, 3.05) is 0 Å². The molecule has 0 aliphatic rings. The maximum Gasteiger partial charge on any atom is 0.217 e. The Balaban J connectivity index is 3.13. The van der Waals surface area contributed by atoms with Crippen LogP contribution in [-0.4, -0.2) is 10.9 Å². The minimum absolute atomic E-state index is 0.103. The van der Waals surface area contributed by atoms with Crippen LogP contribution in [-0.2, 0) is 10.3 Å². The molecular weight excluding hydrogens is 279 g/mol. The normalized spacial score (nSPS) is 11.3. The van der Waals surface area contributed by atoms with E-state index >= 15 is 0 Å². The fourth-order valence-corrected chi connectivity index (χ4v) is 2.22. The first-order valence-electron chi connectivity index (χ1n) is 4.44. The first-order valence-corrected chi connectivity index (χ1v) is 5.61. The van der Waals surface area contributed by atoms with Crippen LogP contribution in [0.1, 0.15) is 26.5 Å².